The second kappa shape index (κ2) is 7.57. The first-order chi connectivity index (χ1) is 10.8. The van der Waals surface area contributed by atoms with Crippen LogP contribution in [-0.4, -0.2) is 27.4 Å². The standard InChI is InChI=1S/C17H21BrN2O2S/c1-13-4-9-16(18)10-17(13)23(21,22)19-11-14-5-7-15(8-6-14)12-20(2)3/h4-10,19H,11-12H2,1-3H3. The molecule has 0 unspecified atom stereocenters. The van der Waals surface area contributed by atoms with E-state index < -0.39 is 10.0 Å². The Morgan fingerprint density at radius 1 is 1.04 bits per heavy atom. The molecule has 0 aromatic heterocycles. The van der Waals surface area contributed by atoms with Gasteiger partial charge in [0.2, 0.25) is 10.0 Å². The Bertz CT molecular complexity index is 772. The number of hydrogen-bond acceptors (Lipinski definition) is 3. The quantitative estimate of drug-likeness (QED) is 0.814. The van der Waals surface area contributed by atoms with E-state index >= 15 is 0 Å². The van der Waals surface area contributed by atoms with Crippen molar-refractivity contribution in [1.29, 1.82) is 0 Å². The molecular formula is C17H21BrN2O2S. The topological polar surface area (TPSA) is 49.4 Å². The monoisotopic (exact) mass is 396 g/mol. The third-order valence-corrected chi connectivity index (χ3v) is 5.46. The SMILES string of the molecule is Cc1ccc(Br)cc1S(=O)(=O)NCc1ccc(CN(C)C)cc1. The van der Waals surface area contributed by atoms with Crippen molar-refractivity contribution in [2.45, 2.75) is 24.9 Å². The van der Waals surface area contributed by atoms with Crippen molar-refractivity contribution in [3.8, 4) is 0 Å². The molecule has 6 heteroatoms. The Kier molecular flexibility index (Phi) is 5.97. The molecule has 23 heavy (non-hydrogen) atoms. The summed E-state index contributed by atoms with van der Waals surface area (Å²) >= 11 is 3.32. The van der Waals surface area contributed by atoms with E-state index in [2.05, 4.69) is 25.6 Å². The van der Waals surface area contributed by atoms with Crippen LogP contribution in [-0.2, 0) is 23.1 Å². The van der Waals surface area contributed by atoms with Crippen molar-refractivity contribution < 1.29 is 8.42 Å². The molecule has 2 aromatic rings. The molecule has 0 bridgehead atoms. The molecule has 0 fully saturated rings. The minimum Gasteiger partial charge on any atom is -0.305 e. The van der Waals surface area contributed by atoms with Crippen LogP contribution in [0.4, 0.5) is 0 Å². The number of nitrogens with one attached hydrogen (secondary N) is 1. The van der Waals surface area contributed by atoms with Gasteiger partial charge >= 0.3 is 0 Å². The van der Waals surface area contributed by atoms with Gasteiger partial charge in [-0.25, -0.2) is 13.1 Å². The first kappa shape index (κ1) is 18.1. The molecule has 0 radical (unpaired) electrons. The van der Waals surface area contributed by atoms with E-state index in [1.165, 1.54) is 5.56 Å². The van der Waals surface area contributed by atoms with Gasteiger partial charge < -0.3 is 4.90 Å². The zero-order valence-corrected chi connectivity index (χ0v) is 15.9. The zero-order valence-electron chi connectivity index (χ0n) is 13.5. The highest BCUT2D eigenvalue weighted by atomic mass is 79.9. The average Bonchev–Trinajstić information content (AvgIpc) is 2.48. The highest BCUT2D eigenvalue weighted by Crippen LogP contribution is 2.20. The zero-order chi connectivity index (χ0) is 17.0. The van der Waals surface area contributed by atoms with Gasteiger partial charge in [0.05, 0.1) is 4.90 Å². The molecule has 1 N–H and O–H groups in total. The third kappa shape index (κ3) is 5.14. The number of sulfonamides is 1. The molecule has 0 heterocycles. The number of aryl methyl sites for hydroxylation is 1. The molecule has 0 saturated heterocycles. The number of halogens is 1. The summed E-state index contributed by atoms with van der Waals surface area (Å²) < 4.78 is 28.3. The van der Waals surface area contributed by atoms with Gasteiger partial charge in [0.15, 0.2) is 0 Å². The second-order valence-corrected chi connectivity index (χ2v) is 8.44. The largest absolute Gasteiger partial charge is 0.305 e. The first-order valence-corrected chi connectivity index (χ1v) is 9.54. The Hall–Kier alpha value is -1.21. The second-order valence-electron chi connectivity index (χ2n) is 5.79. The summed E-state index contributed by atoms with van der Waals surface area (Å²) in [6.07, 6.45) is 0. The molecule has 0 amide bonds. The molecule has 0 spiro atoms. The van der Waals surface area contributed by atoms with Crippen molar-refractivity contribution >= 4 is 26.0 Å². The minimum absolute atomic E-state index is 0.274. The van der Waals surface area contributed by atoms with Gasteiger partial charge in [-0.3, -0.25) is 0 Å². The van der Waals surface area contributed by atoms with Gasteiger partial charge in [0, 0.05) is 17.6 Å². The van der Waals surface area contributed by atoms with Crippen LogP contribution in [0.15, 0.2) is 51.8 Å². The Morgan fingerprint density at radius 2 is 1.65 bits per heavy atom. The van der Waals surface area contributed by atoms with Crippen molar-refractivity contribution in [3.63, 3.8) is 0 Å². The Labute approximate surface area is 146 Å². The van der Waals surface area contributed by atoms with Crippen LogP contribution in [0.1, 0.15) is 16.7 Å². The summed E-state index contributed by atoms with van der Waals surface area (Å²) in [6.45, 7) is 2.93. The summed E-state index contributed by atoms with van der Waals surface area (Å²) in [7, 11) is 0.503. The maximum absolute atomic E-state index is 12.5. The van der Waals surface area contributed by atoms with E-state index in [9.17, 15) is 8.42 Å². The fourth-order valence-corrected chi connectivity index (χ4v) is 4.05. The summed E-state index contributed by atoms with van der Waals surface area (Å²) in [5.41, 5.74) is 2.86. The van der Waals surface area contributed by atoms with E-state index in [1.54, 1.807) is 19.1 Å². The molecule has 4 nitrogen and oxygen atoms in total. The highest BCUT2D eigenvalue weighted by molar-refractivity contribution is 9.10. The molecular weight excluding hydrogens is 376 g/mol. The van der Waals surface area contributed by atoms with E-state index in [-0.39, 0.29) is 6.54 Å². The number of rotatable bonds is 6. The van der Waals surface area contributed by atoms with Crippen LogP contribution in [0.5, 0.6) is 0 Å². The van der Waals surface area contributed by atoms with Crippen LogP contribution in [0, 0.1) is 6.92 Å². The third-order valence-electron chi connectivity index (χ3n) is 3.43. The van der Waals surface area contributed by atoms with Gasteiger partial charge in [0.1, 0.15) is 0 Å². The van der Waals surface area contributed by atoms with Crippen molar-refractivity contribution in [2.24, 2.45) is 0 Å². The molecule has 0 aliphatic rings. The van der Waals surface area contributed by atoms with Crippen LogP contribution in [0.25, 0.3) is 0 Å². The van der Waals surface area contributed by atoms with Crippen molar-refractivity contribution in [3.05, 3.63) is 63.6 Å². The fourth-order valence-electron chi connectivity index (χ4n) is 2.25. The summed E-state index contributed by atoms with van der Waals surface area (Å²) in [4.78, 5) is 2.39. The average molecular weight is 397 g/mol. The number of hydrogen-bond donors (Lipinski definition) is 1. The first-order valence-electron chi connectivity index (χ1n) is 7.26. The van der Waals surface area contributed by atoms with Crippen LogP contribution in [0.3, 0.4) is 0 Å². The van der Waals surface area contributed by atoms with Crippen molar-refractivity contribution in [1.82, 2.24) is 9.62 Å². The van der Waals surface area contributed by atoms with Gasteiger partial charge in [-0.2, -0.15) is 0 Å². The predicted octanol–water partition coefficient (Wildman–Crippen LogP) is 3.30. The van der Waals surface area contributed by atoms with Gasteiger partial charge in [-0.1, -0.05) is 46.3 Å². The number of nitrogens with zero attached hydrogens (tertiary/aromatic N) is 1. The summed E-state index contributed by atoms with van der Waals surface area (Å²) in [5, 5.41) is 0. The van der Waals surface area contributed by atoms with Gasteiger partial charge in [-0.05, 0) is 49.8 Å². The van der Waals surface area contributed by atoms with Gasteiger partial charge in [0.25, 0.3) is 0 Å². The lowest BCUT2D eigenvalue weighted by atomic mass is 10.1. The molecule has 2 rings (SSSR count). The van der Waals surface area contributed by atoms with E-state index in [0.717, 1.165) is 22.1 Å². The molecule has 2 aromatic carbocycles. The van der Waals surface area contributed by atoms with Crippen LogP contribution >= 0.6 is 15.9 Å². The maximum Gasteiger partial charge on any atom is 0.241 e. The summed E-state index contributed by atoms with van der Waals surface area (Å²) in [6, 6.07) is 13.2. The van der Waals surface area contributed by atoms with Crippen LogP contribution in [0.2, 0.25) is 0 Å². The van der Waals surface area contributed by atoms with Gasteiger partial charge in [-0.15, -0.1) is 0 Å². The molecule has 0 aliphatic carbocycles. The molecule has 0 atom stereocenters. The lowest BCUT2D eigenvalue weighted by molar-refractivity contribution is 0.402. The normalized spacial score (nSPS) is 11.9. The Morgan fingerprint density at radius 3 is 2.26 bits per heavy atom. The molecule has 0 saturated carbocycles. The lowest BCUT2D eigenvalue weighted by Gasteiger charge is -2.12. The van der Waals surface area contributed by atoms with E-state index in [0.29, 0.717) is 4.90 Å². The van der Waals surface area contributed by atoms with Crippen molar-refractivity contribution in [2.75, 3.05) is 14.1 Å². The number of benzene rings is 2. The highest BCUT2D eigenvalue weighted by Gasteiger charge is 2.16. The van der Waals surface area contributed by atoms with Crippen LogP contribution < -0.4 is 4.72 Å². The smallest absolute Gasteiger partial charge is 0.241 e. The maximum atomic E-state index is 12.5. The minimum atomic E-state index is -3.53. The Balaban J connectivity index is 2.08. The molecule has 0 aliphatic heterocycles. The molecule has 124 valence electrons. The lowest BCUT2D eigenvalue weighted by Crippen LogP contribution is -2.24. The summed E-state index contributed by atoms with van der Waals surface area (Å²) in [5.74, 6) is 0. The van der Waals surface area contributed by atoms with E-state index in [1.807, 2.05) is 44.4 Å². The van der Waals surface area contributed by atoms with E-state index in [4.69, 9.17) is 0 Å². The fraction of sp³-hybridized carbons (Fsp3) is 0.294. The predicted molar refractivity (Wildman–Crippen MR) is 96.7 cm³/mol.